The van der Waals surface area contributed by atoms with E-state index < -0.39 is 5.91 Å². The van der Waals surface area contributed by atoms with Gasteiger partial charge in [-0.2, -0.15) is 0 Å². The van der Waals surface area contributed by atoms with Gasteiger partial charge in [0.1, 0.15) is 23.2 Å². The number of Topliss-reactive ketones (excluding diaryl/α,β-unsaturated/α-hetero) is 2. The Morgan fingerprint density at radius 3 is 2.11 bits per heavy atom. The zero-order valence-corrected chi connectivity index (χ0v) is 11.2. The number of carbonyl (C=O) groups is 2. The molecule has 6 heteroatoms. The van der Waals surface area contributed by atoms with Crippen molar-refractivity contribution < 1.29 is 9.59 Å². The second-order valence-corrected chi connectivity index (χ2v) is 4.72. The van der Waals surface area contributed by atoms with Gasteiger partial charge in [-0.1, -0.05) is 6.92 Å². The molecule has 0 aromatic carbocycles. The maximum absolute atomic E-state index is 11.3. The summed E-state index contributed by atoms with van der Waals surface area (Å²) in [6.07, 6.45) is 0.761. The minimum Gasteiger partial charge on any atom is -0.298 e. The molecule has 1 unspecified atom stereocenters. The predicted molar refractivity (Wildman–Crippen MR) is 68.3 cm³/mol. The molecule has 0 aliphatic carbocycles. The van der Waals surface area contributed by atoms with Crippen molar-refractivity contribution in [2.75, 3.05) is 13.1 Å². The molecule has 1 atom stereocenters. The van der Waals surface area contributed by atoms with E-state index in [9.17, 15) is 9.59 Å². The van der Waals surface area contributed by atoms with Crippen molar-refractivity contribution in [1.29, 1.82) is 0 Å². The summed E-state index contributed by atoms with van der Waals surface area (Å²) in [6.45, 7) is 7.49. The van der Waals surface area contributed by atoms with Crippen LogP contribution >= 0.6 is 0 Å². The molecule has 2 aliphatic rings. The molecular weight excluding hydrogens is 232 g/mol. The topological polar surface area (TPSA) is 65.3 Å². The Bertz CT molecular complexity index is 469. The maximum atomic E-state index is 11.3. The lowest BCUT2D eigenvalue weighted by Crippen LogP contribution is -2.74. The van der Waals surface area contributed by atoms with Gasteiger partial charge in [0.25, 0.3) is 0 Å². The lowest BCUT2D eigenvalue weighted by molar-refractivity contribution is -0.124. The molecule has 2 rings (SSSR count). The molecule has 0 saturated carbocycles. The Kier molecular flexibility index (Phi) is 2.96. The van der Waals surface area contributed by atoms with Crippen LogP contribution in [0.25, 0.3) is 0 Å². The van der Waals surface area contributed by atoms with Gasteiger partial charge in [-0.05, 0) is 20.8 Å². The van der Waals surface area contributed by atoms with Crippen LogP contribution in [0.2, 0.25) is 0 Å². The Labute approximate surface area is 106 Å². The van der Waals surface area contributed by atoms with E-state index in [1.54, 1.807) is 6.92 Å². The van der Waals surface area contributed by atoms with Crippen LogP contribution in [0.1, 0.15) is 34.1 Å². The van der Waals surface area contributed by atoms with E-state index in [0.29, 0.717) is 0 Å². The summed E-state index contributed by atoms with van der Waals surface area (Å²) in [6, 6.07) is 0. The minimum atomic E-state index is -0.813. The molecule has 6 nitrogen and oxygen atoms in total. The lowest BCUT2D eigenvalue weighted by Gasteiger charge is -2.57. The van der Waals surface area contributed by atoms with Gasteiger partial charge in [0.05, 0.1) is 13.1 Å². The molecule has 0 N–H and O–H groups in total. The highest BCUT2D eigenvalue weighted by molar-refractivity contribution is 5.98. The molecule has 0 aromatic heterocycles. The van der Waals surface area contributed by atoms with Crippen molar-refractivity contribution in [2.24, 2.45) is 9.98 Å². The zero-order chi connectivity index (χ0) is 13.5. The smallest absolute Gasteiger partial charge is 0.298 e. The standard InChI is InChI=1S/C12H18N4O2/c1-5-11-14-12(16(11)7-9(3)18)13-10(4)15(12)6-8(2)17/h5-7H2,1-4H3. The first-order chi connectivity index (χ1) is 8.40. The maximum Gasteiger partial charge on any atom is 0.319 e. The largest absolute Gasteiger partial charge is 0.319 e. The Hall–Kier alpha value is -1.72. The Morgan fingerprint density at radius 1 is 1.11 bits per heavy atom. The van der Waals surface area contributed by atoms with Crippen LogP contribution in [-0.4, -0.2) is 52.0 Å². The lowest BCUT2D eigenvalue weighted by atomic mass is 10.1. The van der Waals surface area contributed by atoms with E-state index in [4.69, 9.17) is 0 Å². The third-order valence-corrected chi connectivity index (χ3v) is 3.10. The number of rotatable bonds is 5. The molecule has 18 heavy (non-hydrogen) atoms. The fourth-order valence-corrected chi connectivity index (χ4v) is 2.36. The van der Waals surface area contributed by atoms with Crippen LogP contribution < -0.4 is 0 Å². The average molecular weight is 250 g/mol. The van der Waals surface area contributed by atoms with E-state index in [1.165, 1.54) is 6.92 Å². The molecule has 0 bridgehead atoms. The molecule has 2 aliphatic heterocycles. The number of amidine groups is 2. The van der Waals surface area contributed by atoms with E-state index in [-0.39, 0.29) is 24.7 Å². The van der Waals surface area contributed by atoms with Gasteiger partial charge in [0, 0.05) is 6.42 Å². The molecule has 0 fully saturated rings. The molecule has 0 radical (unpaired) electrons. The van der Waals surface area contributed by atoms with Crippen LogP contribution in [-0.2, 0) is 9.59 Å². The molecule has 0 aromatic rings. The summed E-state index contributed by atoms with van der Waals surface area (Å²) in [7, 11) is 0. The summed E-state index contributed by atoms with van der Waals surface area (Å²) < 4.78 is 0. The normalized spacial score (nSPS) is 25.3. The molecule has 0 saturated heterocycles. The summed E-state index contributed by atoms with van der Waals surface area (Å²) in [4.78, 5) is 35.2. The number of aliphatic imine (C=N–C) groups is 2. The van der Waals surface area contributed by atoms with Crippen molar-refractivity contribution in [3.8, 4) is 0 Å². The van der Waals surface area contributed by atoms with Gasteiger partial charge in [0.15, 0.2) is 0 Å². The first-order valence-electron chi connectivity index (χ1n) is 6.10. The zero-order valence-electron chi connectivity index (χ0n) is 11.2. The second-order valence-electron chi connectivity index (χ2n) is 4.72. The van der Waals surface area contributed by atoms with Crippen LogP contribution in [0.15, 0.2) is 9.98 Å². The van der Waals surface area contributed by atoms with Crippen molar-refractivity contribution in [1.82, 2.24) is 9.80 Å². The first-order valence-corrected chi connectivity index (χ1v) is 6.10. The van der Waals surface area contributed by atoms with Gasteiger partial charge in [0.2, 0.25) is 0 Å². The fraction of sp³-hybridized carbons (Fsp3) is 0.667. The van der Waals surface area contributed by atoms with Crippen molar-refractivity contribution in [2.45, 2.75) is 40.0 Å². The average Bonchev–Trinajstić information content (AvgIpc) is 2.27. The van der Waals surface area contributed by atoms with Crippen LogP contribution in [0.5, 0.6) is 0 Å². The van der Waals surface area contributed by atoms with E-state index in [2.05, 4.69) is 9.98 Å². The van der Waals surface area contributed by atoms with Crippen LogP contribution in [0.4, 0.5) is 0 Å². The van der Waals surface area contributed by atoms with Gasteiger partial charge in [-0.15, -0.1) is 0 Å². The minimum absolute atomic E-state index is 0.0616. The Balaban J connectivity index is 2.24. The third-order valence-electron chi connectivity index (χ3n) is 3.10. The summed E-state index contributed by atoms with van der Waals surface area (Å²) in [5.41, 5.74) is 0. The summed E-state index contributed by atoms with van der Waals surface area (Å²) >= 11 is 0. The van der Waals surface area contributed by atoms with E-state index in [1.807, 2.05) is 23.6 Å². The number of hydrogen-bond acceptors (Lipinski definition) is 6. The number of ketones is 2. The number of nitrogens with zero attached hydrogens (tertiary/aromatic N) is 4. The highest BCUT2D eigenvalue weighted by atomic mass is 16.1. The molecule has 1 spiro atoms. The molecular formula is C12H18N4O2. The van der Waals surface area contributed by atoms with Gasteiger partial charge in [-0.3, -0.25) is 19.4 Å². The van der Waals surface area contributed by atoms with E-state index in [0.717, 1.165) is 18.1 Å². The molecule has 0 amide bonds. The second kappa shape index (κ2) is 4.19. The van der Waals surface area contributed by atoms with Crippen molar-refractivity contribution in [3.05, 3.63) is 0 Å². The SMILES string of the molecule is CCC1=NC2(N=C(C)N2CC(C)=O)N1CC(C)=O. The first kappa shape index (κ1) is 12.7. The van der Waals surface area contributed by atoms with Crippen molar-refractivity contribution >= 4 is 23.2 Å². The molecule has 98 valence electrons. The monoisotopic (exact) mass is 250 g/mol. The molecule has 2 heterocycles. The number of carbonyl (C=O) groups excluding carboxylic acids is 2. The van der Waals surface area contributed by atoms with Crippen LogP contribution in [0.3, 0.4) is 0 Å². The quantitative estimate of drug-likeness (QED) is 0.718. The van der Waals surface area contributed by atoms with Gasteiger partial charge < -0.3 is 0 Å². The third kappa shape index (κ3) is 1.72. The highest BCUT2D eigenvalue weighted by Gasteiger charge is 2.57. The van der Waals surface area contributed by atoms with Crippen LogP contribution in [0, 0.1) is 0 Å². The predicted octanol–water partition coefficient (Wildman–Crippen LogP) is 0.634. The highest BCUT2D eigenvalue weighted by Crippen LogP contribution is 2.40. The van der Waals surface area contributed by atoms with Gasteiger partial charge >= 0.3 is 5.91 Å². The summed E-state index contributed by atoms with van der Waals surface area (Å²) in [5, 5.41) is 0. The van der Waals surface area contributed by atoms with Gasteiger partial charge in [-0.25, -0.2) is 9.98 Å². The summed E-state index contributed by atoms with van der Waals surface area (Å²) in [5.74, 6) is 0.976. The number of hydrogen-bond donors (Lipinski definition) is 0. The van der Waals surface area contributed by atoms with Crippen molar-refractivity contribution in [3.63, 3.8) is 0 Å². The Morgan fingerprint density at radius 2 is 1.67 bits per heavy atom. The fourth-order valence-electron chi connectivity index (χ4n) is 2.36. The van der Waals surface area contributed by atoms with E-state index >= 15 is 0 Å².